The van der Waals surface area contributed by atoms with Crippen molar-refractivity contribution in [2.45, 2.75) is 19.4 Å². The lowest BCUT2D eigenvalue weighted by molar-refractivity contribution is -0.118. The molecule has 2 aromatic heterocycles. The van der Waals surface area contributed by atoms with Gasteiger partial charge in [0.2, 0.25) is 5.91 Å². The third-order valence-electron chi connectivity index (χ3n) is 3.58. The average molecular weight is 351 g/mol. The lowest BCUT2D eigenvalue weighted by atomic mass is 10.0. The number of benzene rings is 1. The van der Waals surface area contributed by atoms with Crippen molar-refractivity contribution in [2.24, 2.45) is 0 Å². The van der Waals surface area contributed by atoms with E-state index in [4.69, 9.17) is 4.52 Å². The number of anilines is 1. The van der Waals surface area contributed by atoms with Gasteiger partial charge >= 0.3 is 0 Å². The lowest BCUT2D eigenvalue weighted by Gasteiger charge is -2.17. The fourth-order valence-electron chi connectivity index (χ4n) is 2.35. The number of carbonyl (C=O) groups is 2. The summed E-state index contributed by atoms with van der Waals surface area (Å²) in [5.74, 6) is -0.0206. The normalized spacial score (nSPS) is 11.6. The quantitative estimate of drug-likeness (QED) is 0.700. The van der Waals surface area contributed by atoms with Gasteiger partial charge in [-0.3, -0.25) is 14.6 Å². The van der Waals surface area contributed by atoms with Crippen molar-refractivity contribution in [1.82, 2.24) is 20.4 Å². The predicted octanol–water partition coefficient (Wildman–Crippen LogP) is 1.75. The van der Waals surface area contributed by atoms with E-state index in [1.54, 1.807) is 13.0 Å². The molecule has 3 aromatic rings. The maximum Gasteiger partial charge on any atom is 0.272 e. The molecule has 0 saturated carbocycles. The molecule has 8 heteroatoms. The molecule has 3 rings (SSSR count). The monoisotopic (exact) mass is 351 g/mol. The first kappa shape index (κ1) is 17.3. The summed E-state index contributed by atoms with van der Waals surface area (Å²) in [7, 11) is 0. The third-order valence-corrected chi connectivity index (χ3v) is 3.58. The highest BCUT2D eigenvalue weighted by molar-refractivity contribution is 6.00. The zero-order chi connectivity index (χ0) is 18.4. The van der Waals surface area contributed by atoms with Crippen LogP contribution in [0.4, 0.5) is 5.82 Å². The minimum absolute atomic E-state index is 0.135. The van der Waals surface area contributed by atoms with Gasteiger partial charge < -0.3 is 15.2 Å². The van der Waals surface area contributed by atoms with Crippen LogP contribution in [0.5, 0.6) is 0 Å². The standard InChI is InChI=1S/C18H17N5O3/c1-12-9-16(23-26-12)22-17(24)14(10-13-5-3-2-4-6-13)21-18(25)15-11-19-7-8-20-15/h2-9,11,14H,10H2,1H3,(H,21,25)(H,22,23,24). The Labute approximate surface area is 149 Å². The summed E-state index contributed by atoms with van der Waals surface area (Å²) >= 11 is 0. The number of rotatable bonds is 6. The molecule has 2 heterocycles. The molecule has 2 amide bonds. The molecule has 0 bridgehead atoms. The molecule has 0 saturated heterocycles. The summed E-state index contributed by atoms with van der Waals surface area (Å²) in [4.78, 5) is 32.8. The summed E-state index contributed by atoms with van der Waals surface area (Å²) in [6.45, 7) is 1.72. The number of hydrogen-bond donors (Lipinski definition) is 2. The molecule has 0 fully saturated rings. The van der Waals surface area contributed by atoms with E-state index in [0.717, 1.165) is 5.56 Å². The molecule has 132 valence electrons. The van der Waals surface area contributed by atoms with E-state index in [9.17, 15) is 9.59 Å². The number of aryl methyl sites for hydroxylation is 1. The van der Waals surface area contributed by atoms with Crippen LogP contribution in [0.1, 0.15) is 21.8 Å². The Bertz CT molecular complexity index is 880. The lowest BCUT2D eigenvalue weighted by Crippen LogP contribution is -2.45. The summed E-state index contributed by atoms with van der Waals surface area (Å²) < 4.78 is 4.94. The first-order valence-electron chi connectivity index (χ1n) is 7.97. The molecule has 1 unspecified atom stereocenters. The highest BCUT2D eigenvalue weighted by Gasteiger charge is 2.23. The second kappa shape index (κ2) is 8.02. The van der Waals surface area contributed by atoms with Crippen molar-refractivity contribution >= 4 is 17.6 Å². The Balaban J connectivity index is 1.76. The maximum absolute atomic E-state index is 12.6. The molecule has 1 atom stereocenters. The van der Waals surface area contributed by atoms with E-state index in [1.165, 1.54) is 18.6 Å². The molecule has 26 heavy (non-hydrogen) atoms. The SMILES string of the molecule is Cc1cc(NC(=O)C(Cc2ccccc2)NC(=O)c2cnccn2)no1. The van der Waals surface area contributed by atoms with Gasteiger partial charge in [0, 0.05) is 24.9 Å². The van der Waals surface area contributed by atoms with Gasteiger partial charge in [-0.25, -0.2) is 4.98 Å². The smallest absolute Gasteiger partial charge is 0.272 e. The van der Waals surface area contributed by atoms with Gasteiger partial charge in [0.1, 0.15) is 17.5 Å². The van der Waals surface area contributed by atoms with E-state index >= 15 is 0 Å². The molecule has 0 aliphatic heterocycles. The molecule has 0 radical (unpaired) electrons. The van der Waals surface area contributed by atoms with Crippen molar-refractivity contribution in [3.05, 3.63) is 72.0 Å². The first-order valence-corrected chi connectivity index (χ1v) is 7.97. The Morgan fingerprint density at radius 3 is 2.65 bits per heavy atom. The Morgan fingerprint density at radius 1 is 1.19 bits per heavy atom. The highest BCUT2D eigenvalue weighted by atomic mass is 16.5. The van der Waals surface area contributed by atoms with Crippen LogP contribution in [0, 0.1) is 6.92 Å². The van der Waals surface area contributed by atoms with Gasteiger partial charge in [0.25, 0.3) is 5.91 Å². The molecule has 0 aliphatic rings. The van der Waals surface area contributed by atoms with E-state index in [0.29, 0.717) is 18.0 Å². The molecule has 8 nitrogen and oxygen atoms in total. The third kappa shape index (κ3) is 4.50. The second-order valence-electron chi connectivity index (χ2n) is 5.62. The van der Waals surface area contributed by atoms with Crippen LogP contribution in [0.2, 0.25) is 0 Å². The number of aromatic nitrogens is 3. The average Bonchev–Trinajstić information content (AvgIpc) is 3.07. The minimum Gasteiger partial charge on any atom is -0.360 e. The van der Waals surface area contributed by atoms with Crippen molar-refractivity contribution in [2.75, 3.05) is 5.32 Å². The zero-order valence-electron chi connectivity index (χ0n) is 14.0. The van der Waals surface area contributed by atoms with Gasteiger partial charge in [-0.2, -0.15) is 0 Å². The van der Waals surface area contributed by atoms with E-state index in [-0.39, 0.29) is 5.69 Å². The van der Waals surface area contributed by atoms with Gasteiger partial charge in [-0.15, -0.1) is 0 Å². The number of carbonyl (C=O) groups excluding carboxylic acids is 2. The van der Waals surface area contributed by atoms with Gasteiger partial charge in [0.05, 0.1) is 6.20 Å². The molecular weight excluding hydrogens is 334 g/mol. The second-order valence-corrected chi connectivity index (χ2v) is 5.62. The number of nitrogens with one attached hydrogen (secondary N) is 2. The van der Waals surface area contributed by atoms with E-state index in [1.807, 2.05) is 30.3 Å². The highest BCUT2D eigenvalue weighted by Crippen LogP contribution is 2.10. The maximum atomic E-state index is 12.6. The molecule has 0 spiro atoms. The summed E-state index contributed by atoms with van der Waals surface area (Å²) in [6.07, 6.45) is 4.54. The Hall–Kier alpha value is -3.55. The number of hydrogen-bond acceptors (Lipinski definition) is 6. The van der Waals surface area contributed by atoms with Crippen LogP contribution in [-0.2, 0) is 11.2 Å². The minimum atomic E-state index is -0.816. The summed E-state index contributed by atoms with van der Waals surface area (Å²) in [5, 5.41) is 9.08. The molecule has 0 aliphatic carbocycles. The summed E-state index contributed by atoms with van der Waals surface area (Å²) in [5.41, 5.74) is 1.04. The fourth-order valence-corrected chi connectivity index (χ4v) is 2.35. The molecule has 2 N–H and O–H groups in total. The molecule has 1 aromatic carbocycles. The van der Waals surface area contributed by atoms with Gasteiger partial charge in [-0.05, 0) is 12.5 Å². The first-order chi connectivity index (χ1) is 12.6. The van der Waals surface area contributed by atoms with Crippen LogP contribution < -0.4 is 10.6 Å². The van der Waals surface area contributed by atoms with Crippen molar-refractivity contribution in [3.8, 4) is 0 Å². The van der Waals surface area contributed by atoms with Crippen LogP contribution in [0.3, 0.4) is 0 Å². The van der Waals surface area contributed by atoms with Crippen LogP contribution in [-0.4, -0.2) is 33.0 Å². The number of amides is 2. The Kier molecular flexibility index (Phi) is 5.33. The van der Waals surface area contributed by atoms with E-state index in [2.05, 4.69) is 25.8 Å². The predicted molar refractivity (Wildman–Crippen MR) is 93.3 cm³/mol. The number of nitrogens with zero attached hydrogens (tertiary/aromatic N) is 3. The van der Waals surface area contributed by atoms with Crippen LogP contribution in [0.15, 0.2) is 59.5 Å². The topological polar surface area (TPSA) is 110 Å². The van der Waals surface area contributed by atoms with Crippen molar-refractivity contribution in [1.29, 1.82) is 0 Å². The van der Waals surface area contributed by atoms with Crippen molar-refractivity contribution < 1.29 is 14.1 Å². The molecular formula is C18H17N5O3. The largest absolute Gasteiger partial charge is 0.360 e. The Morgan fingerprint density at radius 2 is 2.00 bits per heavy atom. The van der Waals surface area contributed by atoms with Gasteiger partial charge in [0.15, 0.2) is 5.82 Å². The van der Waals surface area contributed by atoms with Crippen LogP contribution >= 0.6 is 0 Å². The fraction of sp³-hybridized carbons (Fsp3) is 0.167. The van der Waals surface area contributed by atoms with Crippen molar-refractivity contribution in [3.63, 3.8) is 0 Å². The summed E-state index contributed by atoms with van der Waals surface area (Å²) in [6, 6.07) is 10.2. The van der Waals surface area contributed by atoms with E-state index < -0.39 is 17.9 Å². The zero-order valence-corrected chi connectivity index (χ0v) is 14.0. The van der Waals surface area contributed by atoms with Gasteiger partial charge in [-0.1, -0.05) is 35.5 Å². The van der Waals surface area contributed by atoms with Crippen LogP contribution in [0.25, 0.3) is 0 Å².